The van der Waals surface area contributed by atoms with Gasteiger partial charge in [0.05, 0.1) is 12.6 Å². The van der Waals surface area contributed by atoms with E-state index in [0.29, 0.717) is 16.9 Å². The van der Waals surface area contributed by atoms with Crippen LogP contribution in [-0.4, -0.2) is 57.2 Å². The minimum atomic E-state index is -0.0410. The molecule has 0 aliphatic carbocycles. The molecule has 0 saturated carbocycles. The summed E-state index contributed by atoms with van der Waals surface area (Å²) >= 11 is 6.07. The quantitative estimate of drug-likeness (QED) is 0.363. The second-order valence-electron chi connectivity index (χ2n) is 6.48. The fraction of sp³-hybridized carbons (Fsp3) is 0.556. The van der Waals surface area contributed by atoms with Crippen LogP contribution in [0.1, 0.15) is 24.9 Å². The van der Waals surface area contributed by atoms with E-state index in [9.17, 15) is 4.79 Å². The second-order valence-corrected chi connectivity index (χ2v) is 6.92. The fourth-order valence-electron chi connectivity index (χ4n) is 2.49. The number of halogens is 2. The molecule has 0 spiro atoms. The number of likely N-dealkylation sites (N-methyl/N-ethyl adjacent to an activating group) is 1. The molecule has 146 valence electrons. The summed E-state index contributed by atoms with van der Waals surface area (Å²) in [5, 5.41) is 7.37. The van der Waals surface area contributed by atoms with E-state index in [1.54, 1.807) is 14.1 Å². The van der Waals surface area contributed by atoms with Gasteiger partial charge >= 0.3 is 0 Å². The number of benzene rings is 1. The highest BCUT2D eigenvalue weighted by atomic mass is 127. The molecule has 1 aliphatic heterocycles. The van der Waals surface area contributed by atoms with Crippen molar-refractivity contribution in [2.75, 3.05) is 40.4 Å². The molecule has 2 atom stereocenters. The number of nitrogens with zero attached hydrogens (tertiary/aromatic N) is 2. The molecular formula is C18H28ClIN4O2. The molecule has 2 N–H and O–H groups in total. The van der Waals surface area contributed by atoms with E-state index in [1.165, 1.54) is 4.90 Å². The second kappa shape index (κ2) is 11.6. The number of nitrogens with one attached hydrogen (secondary N) is 2. The van der Waals surface area contributed by atoms with Gasteiger partial charge in [-0.05, 0) is 31.0 Å². The lowest BCUT2D eigenvalue weighted by Crippen LogP contribution is -2.42. The first-order valence-electron chi connectivity index (χ1n) is 8.54. The molecule has 1 fully saturated rings. The van der Waals surface area contributed by atoms with Gasteiger partial charge in [-0.2, -0.15) is 0 Å². The minimum absolute atomic E-state index is 0. The molecule has 0 aromatic heterocycles. The zero-order valence-electron chi connectivity index (χ0n) is 15.5. The highest BCUT2D eigenvalue weighted by molar-refractivity contribution is 14.0. The van der Waals surface area contributed by atoms with Gasteiger partial charge in [0.15, 0.2) is 5.96 Å². The summed E-state index contributed by atoms with van der Waals surface area (Å²) < 4.78 is 5.41. The molecule has 0 bridgehead atoms. The van der Waals surface area contributed by atoms with E-state index in [0.717, 1.165) is 31.7 Å². The van der Waals surface area contributed by atoms with Gasteiger partial charge in [-0.3, -0.25) is 4.79 Å². The molecule has 1 aliphatic rings. The third-order valence-electron chi connectivity index (χ3n) is 4.16. The van der Waals surface area contributed by atoms with Crippen molar-refractivity contribution >= 4 is 47.4 Å². The topological polar surface area (TPSA) is 66.0 Å². The van der Waals surface area contributed by atoms with Crippen LogP contribution in [0.3, 0.4) is 0 Å². The number of rotatable bonds is 6. The predicted molar refractivity (Wildman–Crippen MR) is 116 cm³/mol. The molecule has 8 heteroatoms. The Balaban J connectivity index is 0.00000338. The normalized spacial score (nSPS) is 18.0. The number of amides is 1. The van der Waals surface area contributed by atoms with Gasteiger partial charge in [0, 0.05) is 38.2 Å². The smallest absolute Gasteiger partial charge is 0.243 e. The number of carbonyl (C=O) groups is 1. The first kappa shape index (κ1) is 23.0. The Morgan fingerprint density at radius 3 is 2.85 bits per heavy atom. The van der Waals surface area contributed by atoms with Gasteiger partial charge in [0.1, 0.15) is 6.54 Å². The molecule has 6 nitrogen and oxygen atoms in total. The summed E-state index contributed by atoms with van der Waals surface area (Å²) in [6.45, 7) is 4.48. The number of guanidine groups is 1. The molecule has 1 aromatic rings. The van der Waals surface area contributed by atoms with E-state index >= 15 is 0 Å². The third kappa shape index (κ3) is 7.67. The van der Waals surface area contributed by atoms with Crippen LogP contribution < -0.4 is 10.6 Å². The van der Waals surface area contributed by atoms with Crippen LogP contribution in [0.15, 0.2) is 29.3 Å². The average molecular weight is 495 g/mol. The maximum absolute atomic E-state index is 11.8. The minimum Gasteiger partial charge on any atom is -0.381 e. The van der Waals surface area contributed by atoms with E-state index in [1.807, 2.05) is 31.2 Å². The van der Waals surface area contributed by atoms with Crippen molar-refractivity contribution in [3.8, 4) is 0 Å². The van der Waals surface area contributed by atoms with E-state index < -0.39 is 0 Å². The Morgan fingerprint density at radius 1 is 1.46 bits per heavy atom. The summed E-state index contributed by atoms with van der Waals surface area (Å²) in [6.07, 6.45) is 1.04. The molecular weight excluding hydrogens is 467 g/mol. The first-order chi connectivity index (χ1) is 12.0. The highest BCUT2D eigenvalue weighted by Gasteiger charge is 2.17. The fourth-order valence-corrected chi connectivity index (χ4v) is 2.69. The molecule has 1 heterocycles. The van der Waals surface area contributed by atoms with Crippen LogP contribution in [0.5, 0.6) is 0 Å². The summed E-state index contributed by atoms with van der Waals surface area (Å²) in [5.41, 5.74) is 1.06. The zero-order chi connectivity index (χ0) is 18.2. The molecule has 26 heavy (non-hydrogen) atoms. The molecule has 1 amide bonds. The van der Waals surface area contributed by atoms with Crippen LogP contribution in [0.4, 0.5) is 0 Å². The molecule has 1 saturated heterocycles. The van der Waals surface area contributed by atoms with Gasteiger partial charge in [-0.25, -0.2) is 4.99 Å². The van der Waals surface area contributed by atoms with Crippen molar-refractivity contribution in [3.05, 3.63) is 34.9 Å². The van der Waals surface area contributed by atoms with Crippen molar-refractivity contribution in [3.63, 3.8) is 0 Å². The van der Waals surface area contributed by atoms with E-state index in [4.69, 9.17) is 16.3 Å². The van der Waals surface area contributed by atoms with Gasteiger partial charge in [0.25, 0.3) is 0 Å². The van der Waals surface area contributed by atoms with Crippen LogP contribution in [0.2, 0.25) is 5.02 Å². The number of hydrogen-bond donors (Lipinski definition) is 2. The lowest BCUT2D eigenvalue weighted by Gasteiger charge is -2.20. The Bertz CT molecular complexity index is 607. The maximum Gasteiger partial charge on any atom is 0.243 e. The van der Waals surface area contributed by atoms with Gasteiger partial charge in [-0.1, -0.05) is 23.7 Å². The molecule has 1 aromatic carbocycles. The average Bonchev–Trinajstić information content (AvgIpc) is 3.10. The number of aliphatic imine (C=N–C) groups is 1. The van der Waals surface area contributed by atoms with Crippen molar-refractivity contribution in [1.29, 1.82) is 0 Å². The summed E-state index contributed by atoms with van der Waals surface area (Å²) in [7, 11) is 3.45. The Kier molecular flexibility index (Phi) is 10.3. The van der Waals surface area contributed by atoms with Crippen molar-refractivity contribution in [1.82, 2.24) is 15.5 Å². The van der Waals surface area contributed by atoms with Crippen LogP contribution in [0, 0.1) is 5.92 Å². The maximum atomic E-state index is 11.8. The van der Waals surface area contributed by atoms with Gasteiger partial charge < -0.3 is 20.3 Å². The Hall–Kier alpha value is -1.06. The molecule has 2 unspecified atom stereocenters. The van der Waals surface area contributed by atoms with Gasteiger partial charge in [-0.15, -0.1) is 24.0 Å². The first-order valence-corrected chi connectivity index (χ1v) is 8.91. The molecule has 0 radical (unpaired) electrons. The zero-order valence-corrected chi connectivity index (χ0v) is 18.6. The Labute approximate surface area is 177 Å². The standard InChI is InChI=1S/C18H27ClN4O2.HI/c1-13(15-5-4-6-16(19)9-15)22-18(21-11-17(24)23(2)3)20-10-14-7-8-25-12-14;/h4-6,9,13-14H,7-8,10-12H2,1-3H3,(H2,20,21,22);1H. The largest absolute Gasteiger partial charge is 0.381 e. The number of carbonyl (C=O) groups excluding carboxylic acids is 1. The van der Waals surface area contributed by atoms with E-state index in [2.05, 4.69) is 15.6 Å². The summed E-state index contributed by atoms with van der Waals surface area (Å²) in [6, 6.07) is 7.72. The van der Waals surface area contributed by atoms with Crippen LogP contribution in [0.25, 0.3) is 0 Å². The summed E-state index contributed by atoms with van der Waals surface area (Å²) in [4.78, 5) is 17.8. The van der Waals surface area contributed by atoms with Crippen molar-refractivity contribution < 1.29 is 9.53 Å². The monoisotopic (exact) mass is 494 g/mol. The van der Waals surface area contributed by atoms with Crippen molar-refractivity contribution in [2.24, 2.45) is 10.9 Å². The molecule has 2 rings (SSSR count). The van der Waals surface area contributed by atoms with Gasteiger partial charge in [0.2, 0.25) is 5.91 Å². The SMILES string of the molecule is CC(NC(=NCC(=O)N(C)C)NCC1CCOC1)c1cccc(Cl)c1.I. The van der Waals surface area contributed by atoms with Crippen molar-refractivity contribution in [2.45, 2.75) is 19.4 Å². The third-order valence-corrected chi connectivity index (χ3v) is 4.39. The van der Waals surface area contributed by atoms with Crippen LogP contribution >= 0.6 is 35.6 Å². The Morgan fingerprint density at radius 2 is 2.23 bits per heavy atom. The van der Waals surface area contributed by atoms with E-state index in [-0.39, 0.29) is 42.5 Å². The number of hydrogen-bond acceptors (Lipinski definition) is 3. The highest BCUT2D eigenvalue weighted by Crippen LogP contribution is 2.17. The summed E-state index contributed by atoms with van der Waals surface area (Å²) in [5.74, 6) is 1.05. The number of ether oxygens (including phenoxy) is 1. The lowest BCUT2D eigenvalue weighted by molar-refractivity contribution is -0.127. The lowest BCUT2D eigenvalue weighted by atomic mass is 10.1. The predicted octanol–water partition coefficient (Wildman–Crippen LogP) is 2.68. The van der Waals surface area contributed by atoms with Crippen LogP contribution in [-0.2, 0) is 9.53 Å².